The monoisotopic (exact) mass is 360 g/mol. The SMILES string of the molecule is CCOC(=O)c1nn(C2CCN(C)CC2)c2c1CC/C(=C/N(C)C)C2=O. The normalized spacial score (nSPS) is 20.3. The molecule has 1 aliphatic carbocycles. The van der Waals surface area contributed by atoms with Gasteiger partial charge < -0.3 is 14.5 Å². The van der Waals surface area contributed by atoms with Gasteiger partial charge in [0.2, 0.25) is 5.78 Å². The topological polar surface area (TPSA) is 67.7 Å². The number of ketones is 1. The molecule has 7 heteroatoms. The average Bonchev–Trinajstić information content (AvgIpc) is 2.98. The van der Waals surface area contributed by atoms with Gasteiger partial charge in [0, 0.05) is 31.4 Å². The van der Waals surface area contributed by atoms with Crippen LogP contribution in [0.25, 0.3) is 0 Å². The molecule has 3 rings (SSSR count). The standard InChI is InChI=1S/C19H28N4O3/c1-5-26-19(25)16-15-7-6-13(12-21(2)3)18(24)17(15)23(20-16)14-8-10-22(4)11-9-14/h12,14H,5-11H2,1-4H3/b13-12-. The minimum atomic E-state index is -0.428. The van der Waals surface area contributed by atoms with Crippen LogP contribution >= 0.6 is 0 Å². The fraction of sp³-hybridized carbons (Fsp3) is 0.632. The Hall–Kier alpha value is -2.15. The molecule has 142 valence electrons. The predicted molar refractivity (Wildman–Crippen MR) is 98.4 cm³/mol. The molecule has 1 saturated heterocycles. The Morgan fingerprint density at radius 3 is 2.62 bits per heavy atom. The van der Waals surface area contributed by atoms with Gasteiger partial charge in [0.05, 0.1) is 12.6 Å². The smallest absolute Gasteiger partial charge is 0.359 e. The number of Topliss-reactive ketones (excluding diaryl/α,β-unsaturated/α-hetero) is 1. The van der Waals surface area contributed by atoms with Crippen molar-refractivity contribution < 1.29 is 14.3 Å². The lowest BCUT2D eigenvalue weighted by Crippen LogP contribution is -2.33. The molecule has 0 unspecified atom stereocenters. The van der Waals surface area contributed by atoms with E-state index in [1.54, 1.807) is 6.92 Å². The number of carbonyl (C=O) groups is 2. The minimum Gasteiger partial charge on any atom is -0.461 e. The van der Waals surface area contributed by atoms with Crippen molar-refractivity contribution in [1.82, 2.24) is 19.6 Å². The Kier molecular flexibility index (Phi) is 5.46. The number of hydrogen-bond acceptors (Lipinski definition) is 6. The largest absolute Gasteiger partial charge is 0.461 e. The number of esters is 1. The highest BCUT2D eigenvalue weighted by molar-refractivity contribution is 6.11. The highest BCUT2D eigenvalue weighted by Crippen LogP contribution is 2.33. The number of hydrogen-bond donors (Lipinski definition) is 0. The number of carbonyl (C=O) groups excluding carboxylic acids is 2. The van der Waals surface area contributed by atoms with Crippen molar-refractivity contribution in [3.8, 4) is 0 Å². The van der Waals surface area contributed by atoms with Crippen molar-refractivity contribution in [2.24, 2.45) is 0 Å². The van der Waals surface area contributed by atoms with Crippen LogP contribution in [0.3, 0.4) is 0 Å². The first kappa shape index (κ1) is 18.6. The van der Waals surface area contributed by atoms with Gasteiger partial charge in [-0.1, -0.05) is 0 Å². The molecule has 0 atom stereocenters. The van der Waals surface area contributed by atoms with E-state index >= 15 is 0 Å². The summed E-state index contributed by atoms with van der Waals surface area (Å²) in [5, 5.41) is 4.59. The van der Waals surface area contributed by atoms with Crippen molar-refractivity contribution in [3.05, 3.63) is 28.7 Å². The molecule has 1 aliphatic heterocycles. The maximum atomic E-state index is 13.2. The molecule has 1 aromatic rings. The quantitative estimate of drug-likeness (QED) is 0.603. The van der Waals surface area contributed by atoms with Crippen LogP contribution in [-0.4, -0.2) is 72.2 Å². The fourth-order valence-corrected chi connectivity index (χ4v) is 3.77. The molecule has 0 N–H and O–H groups in total. The summed E-state index contributed by atoms with van der Waals surface area (Å²) in [7, 11) is 5.92. The Morgan fingerprint density at radius 2 is 2.00 bits per heavy atom. The number of piperidine rings is 1. The summed E-state index contributed by atoms with van der Waals surface area (Å²) >= 11 is 0. The lowest BCUT2D eigenvalue weighted by molar-refractivity contribution is 0.0516. The lowest BCUT2D eigenvalue weighted by Gasteiger charge is -2.30. The fourth-order valence-electron chi connectivity index (χ4n) is 3.77. The molecule has 26 heavy (non-hydrogen) atoms. The zero-order chi connectivity index (χ0) is 18.8. The van der Waals surface area contributed by atoms with Gasteiger partial charge in [0.1, 0.15) is 5.69 Å². The van der Waals surface area contributed by atoms with Crippen LogP contribution in [0.4, 0.5) is 0 Å². The number of rotatable bonds is 4. The summed E-state index contributed by atoms with van der Waals surface area (Å²) < 4.78 is 7.00. The van der Waals surface area contributed by atoms with Crippen LogP contribution in [-0.2, 0) is 11.2 Å². The molecular weight excluding hydrogens is 332 g/mol. The second-order valence-corrected chi connectivity index (χ2v) is 7.32. The molecular formula is C19H28N4O3. The van der Waals surface area contributed by atoms with Crippen LogP contribution in [0.5, 0.6) is 0 Å². The number of ether oxygens (including phenoxy) is 1. The molecule has 2 heterocycles. The van der Waals surface area contributed by atoms with Gasteiger partial charge in [-0.25, -0.2) is 4.79 Å². The number of fused-ring (bicyclic) bond motifs is 1. The van der Waals surface area contributed by atoms with E-state index in [9.17, 15) is 9.59 Å². The van der Waals surface area contributed by atoms with Crippen LogP contribution in [0.1, 0.15) is 58.8 Å². The number of allylic oxidation sites excluding steroid dienone is 1. The first-order chi connectivity index (χ1) is 12.4. The third-order valence-electron chi connectivity index (χ3n) is 5.08. The number of likely N-dealkylation sites (tertiary alicyclic amines) is 1. The van der Waals surface area contributed by atoms with Crippen LogP contribution in [0.15, 0.2) is 11.8 Å². The van der Waals surface area contributed by atoms with Crippen molar-refractivity contribution in [2.75, 3.05) is 40.8 Å². The molecule has 0 bridgehead atoms. The van der Waals surface area contributed by atoms with Gasteiger partial charge in [-0.2, -0.15) is 5.10 Å². The molecule has 1 fully saturated rings. The van der Waals surface area contributed by atoms with E-state index in [0.29, 0.717) is 30.8 Å². The maximum absolute atomic E-state index is 13.2. The highest BCUT2D eigenvalue weighted by atomic mass is 16.5. The van der Waals surface area contributed by atoms with Gasteiger partial charge in [-0.3, -0.25) is 9.48 Å². The Bertz CT molecular complexity index is 727. The van der Waals surface area contributed by atoms with E-state index in [2.05, 4.69) is 17.0 Å². The maximum Gasteiger partial charge on any atom is 0.359 e. The number of aromatic nitrogens is 2. The second-order valence-electron chi connectivity index (χ2n) is 7.32. The third kappa shape index (κ3) is 3.53. The number of nitrogens with zero attached hydrogens (tertiary/aromatic N) is 4. The molecule has 7 nitrogen and oxygen atoms in total. The molecule has 1 aromatic heterocycles. The Morgan fingerprint density at radius 1 is 1.31 bits per heavy atom. The van der Waals surface area contributed by atoms with Gasteiger partial charge in [-0.15, -0.1) is 0 Å². The summed E-state index contributed by atoms with van der Waals surface area (Å²) in [6.45, 7) is 4.00. The first-order valence-corrected chi connectivity index (χ1v) is 9.31. The summed E-state index contributed by atoms with van der Waals surface area (Å²) in [5.41, 5.74) is 2.43. The minimum absolute atomic E-state index is 0.0121. The first-order valence-electron chi connectivity index (χ1n) is 9.31. The average molecular weight is 360 g/mol. The van der Waals surface area contributed by atoms with Crippen molar-refractivity contribution >= 4 is 11.8 Å². The van der Waals surface area contributed by atoms with Crippen LogP contribution in [0.2, 0.25) is 0 Å². The van der Waals surface area contributed by atoms with E-state index in [4.69, 9.17) is 4.74 Å². The molecule has 0 saturated carbocycles. The Labute approximate surface area is 154 Å². The Balaban J connectivity index is 2.04. The zero-order valence-corrected chi connectivity index (χ0v) is 16.1. The molecule has 0 spiro atoms. The second kappa shape index (κ2) is 7.61. The molecule has 0 aromatic carbocycles. The van der Waals surface area contributed by atoms with Crippen molar-refractivity contribution in [3.63, 3.8) is 0 Å². The summed E-state index contributed by atoms with van der Waals surface area (Å²) in [6.07, 6.45) is 4.98. The van der Waals surface area contributed by atoms with Crippen LogP contribution in [0, 0.1) is 0 Å². The van der Waals surface area contributed by atoms with E-state index in [0.717, 1.165) is 37.1 Å². The van der Waals surface area contributed by atoms with Crippen LogP contribution < -0.4 is 0 Å². The van der Waals surface area contributed by atoms with Gasteiger partial charge >= 0.3 is 5.97 Å². The van der Waals surface area contributed by atoms with Crippen molar-refractivity contribution in [1.29, 1.82) is 0 Å². The van der Waals surface area contributed by atoms with E-state index in [1.807, 2.05) is 29.9 Å². The summed E-state index contributed by atoms with van der Waals surface area (Å²) in [4.78, 5) is 29.7. The highest BCUT2D eigenvalue weighted by Gasteiger charge is 2.35. The lowest BCUT2D eigenvalue weighted by atomic mass is 9.90. The van der Waals surface area contributed by atoms with Crippen molar-refractivity contribution in [2.45, 2.75) is 38.6 Å². The van der Waals surface area contributed by atoms with Gasteiger partial charge in [0.15, 0.2) is 5.69 Å². The molecule has 0 radical (unpaired) electrons. The summed E-state index contributed by atoms with van der Waals surface area (Å²) in [6, 6.07) is 0.144. The van der Waals surface area contributed by atoms with Gasteiger partial charge in [-0.05, 0) is 52.7 Å². The zero-order valence-electron chi connectivity index (χ0n) is 16.1. The van der Waals surface area contributed by atoms with Gasteiger partial charge in [0.25, 0.3) is 0 Å². The van der Waals surface area contributed by atoms with E-state index in [1.165, 1.54) is 0 Å². The third-order valence-corrected chi connectivity index (χ3v) is 5.08. The molecule has 0 amide bonds. The molecule has 2 aliphatic rings. The van der Waals surface area contributed by atoms with E-state index in [-0.39, 0.29) is 11.8 Å². The predicted octanol–water partition coefficient (Wildman–Crippen LogP) is 1.90. The summed E-state index contributed by atoms with van der Waals surface area (Å²) in [5.74, 6) is -0.440. The van der Waals surface area contributed by atoms with E-state index < -0.39 is 5.97 Å².